The zero-order valence-electron chi connectivity index (χ0n) is 17.8. The van der Waals surface area contributed by atoms with Gasteiger partial charge in [-0.1, -0.05) is 0 Å². The second kappa shape index (κ2) is 7.76. The molecule has 3 aromatic heterocycles. The Morgan fingerprint density at radius 3 is 2.74 bits per heavy atom. The molecule has 1 unspecified atom stereocenters. The SMILES string of the molecule is CC1CCCN1S(=O)(=O)c1ccc(N(C)[C@@H]2CCN(c3ncnc4[nH]ccc34)C2)nc1. The van der Waals surface area contributed by atoms with Crippen molar-refractivity contribution in [1.82, 2.24) is 24.2 Å². The van der Waals surface area contributed by atoms with E-state index in [9.17, 15) is 8.42 Å². The zero-order valence-corrected chi connectivity index (χ0v) is 18.6. The van der Waals surface area contributed by atoms with Gasteiger partial charge in [-0.25, -0.2) is 23.4 Å². The second-order valence-electron chi connectivity index (χ2n) is 8.40. The molecule has 0 aliphatic carbocycles. The van der Waals surface area contributed by atoms with Gasteiger partial charge in [-0.15, -0.1) is 0 Å². The lowest BCUT2D eigenvalue weighted by Gasteiger charge is -2.26. The first-order valence-electron chi connectivity index (χ1n) is 10.7. The fourth-order valence-corrected chi connectivity index (χ4v) is 6.33. The van der Waals surface area contributed by atoms with Crippen molar-refractivity contribution in [1.29, 1.82) is 0 Å². The number of nitrogens with zero attached hydrogens (tertiary/aromatic N) is 6. The number of hydrogen-bond acceptors (Lipinski definition) is 7. The summed E-state index contributed by atoms with van der Waals surface area (Å²) in [6.07, 6.45) is 7.76. The summed E-state index contributed by atoms with van der Waals surface area (Å²) < 4.78 is 27.4. The second-order valence-corrected chi connectivity index (χ2v) is 10.3. The molecule has 10 heteroatoms. The van der Waals surface area contributed by atoms with Gasteiger partial charge in [-0.2, -0.15) is 4.31 Å². The molecule has 2 aliphatic heterocycles. The van der Waals surface area contributed by atoms with Gasteiger partial charge in [0.25, 0.3) is 0 Å². The normalized spacial score (nSPS) is 22.5. The molecule has 3 aromatic rings. The Kier molecular flexibility index (Phi) is 5.05. The van der Waals surface area contributed by atoms with Gasteiger partial charge in [0.2, 0.25) is 10.0 Å². The van der Waals surface area contributed by atoms with Crippen LogP contribution < -0.4 is 9.80 Å². The third-order valence-electron chi connectivity index (χ3n) is 6.52. The van der Waals surface area contributed by atoms with Gasteiger partial charge in [-0.05, 0) is 44.4 Å². The van der Waals surface area contributed by atoms with E-state index in [0.29, 0.717) is 6.54 Å². The number of likely N-dealkylation sites (N-methyl/N-ethyl adjacent to an activating group) is 1. The predicted molar refractivity (Wildman–Crippen MR) is 120 cm³/mol. The number of sulfonamides is 1. The molecule has 5 heterocycles. The summed E-state index contributed by atoms with van der Waals surface area (Å²) in [5, 5.41) is 1.02. The summed E-state index contributed by atoms with van der Waals surface area (Å²) in [5.41, 5.74) is 0.840. The average molecular weight is 442 g/mol. The van der Waals surface area contributed by atoms with Crippen LogP contribution in [0.3, 0.4) is 0 Å². The maximum Gasteiger partial charge on any atom is 0.244 e. The van der Waals surface area contributed by atoms with Gasteiger partial charge < -0.3 is 14.8 Å². The Morgan fingerprint density at radius 1 is 1.13 bits per heavy atom. The first-order chi connectivity index (χ1) is 14.9. The van der Waals surface area contributed by atoms with E-state index in [1.807, 2.05) is 32.3 Å². The molecule has 2 aliphatic rings. The summed E-state index contributed by atoms with van der Waals surface area (Å²) in [6, 6.07) is 5.80. The van der Waals surface area contributed by atoms with Crippen LogP contribution in [0.15, 0.2) is 41.8 Å². The van der Waals surface area contributed by atoms with Gasteiger partial charge in [0.15, 0.2) is 0 Å². The van der Waals surface area contributed by atoms with Crippen molar-refractivity contribution in [3.63, 3.8) is 0 Å². The van der Waals surface area contributed by atoms with E-state index in [2.05, 4.69) is 29.7 Å². The van der Waals surface area contributed by atoms with E-state index in [4.69, 9.17) is 0 Å². The van der Waals surface area contributed by atoms with Gasteiger partial charge in [0.1, 0.15) is 28.5 Å². The van der Waals surface area contributed by atoms with Gasteiger partial charge in [0, 0.05) is 51.2 Å². The number of rotatable bonds is 5. The lowest BCUT2D eigenvalue weighted by molar-refractivity contribution is 0.408. The van der Waals surface area contributed by atoms with E-state index < -0.39 is 10.0 Å². The predicted octanol–water partition coefficient (Wildman–Crippen LogP) is 2.24. The molecule has 164 valence electrons. The monoisotopic (exact) mass is 441 g/mol. The van der Waals surface area contributed by atoms with Crippen LogP contribution in [-0.4, -0.2) is 71.4 Å². The minimum atomic E-state index is -3.48. The molecule has 0 bridgehead atoms. The Hall–Kier alpha value is -2.72. The maximum atomic E-state index is 12.9. The number of anilines is 2. The summed E-state index contributed by atoms with van der Waals surface area (Å²) in [6.45, 7) is 4.26. The lowest BCUT2D eigenvalue weighted by Crippen LogP contribution is -2.35. The Labute approximate surface area is 182 Å². The zero-order chi connectivity index (χ0) is 21.6. The number of aromatic amines is 1. The first-order valence-corrected chi connectivity index (χ1v) is 12.1. The van der Waals surface area contributed by atoms with Crippen molar-refractivity contribution in [2.45, 2.75) is 43.2 Å². The number of nitrogens with one attached hydrogen (secondary N) is 1. The van der Waals surface area contributed by atoms with Crippen LogP contribution in [0.4, 0.5) is 11.6 Å². The van der Waals surface area contributed by atoms with Crippen molar-refractivity contribution >= 4 is 32.7 Å². The minimum absolute atomic E-state index is 0.0464. The summed E-state index contributed by atoms with van der Waals surface area (Å²) in [4.78, 5) is 21.1. The lowest BCUT2D eigenvalue weighted by atomic mass is 10.2. The van der Waals surface area contributed by atoms with Crippen LogP contribution in [0.5, 0.6) is 0 Å². The molecule has 0 aromatic carbocycles. The highest BCUT2D eigenvalue weighted by molar-refractivity contribution is 7.89. The molecule has 2 fully saturated rings. The van der Waals surface area contributed by atoms with Crippen molar-refractivity contribution < 1.29 is 8.42 Å². The van der Waals surface area contributed by atoms with E-state index in [1.165, 1.54) is 6.20 Å². The van der Waals surface area contributed by atoms with Crippen molar-refractivity contribution in [3.05, 3.63) is 36.9 Å². The molecular weight excluding hydrogens is 414 g/mol. The first kappa shape index (κ1) is 20.2. The summed E-state index contributed by atoms with van der Waals surface area (Å²) >= 11 is 0. The Balaban J connectivity index is 1.31. The quantitative estimate of drug-likeness (QED) is 0.648. The van der Waals surface area contributed by atoms with Crippen molar-refractivity contribution in [2.24, 2.45) is 0 Å². The molecule has 2 saturated heterocycles. The molecule has 1 N–H and O–H groups in total. The highest BCUT2D eigenvalue weighted by Gasteiger charge is 2.33. The average Bonchev–Trinajstić information content (AvgIpc) is 3.53. The smallest absolute Gasteiger partial charge is 0.244 e. The fourth-order valence-electron chi connectivity index (χ4n) is 4.68. The third kappa shape index (κ3) is 3.53. The number of fused-ring (bicyclic) bond motifs is 1. The standard InChI is InChI=1S/C21H27N7O2S/c1-15-4-3-10-28(15)31(29,30)17-5-6-19(23-12-17)26(2)16-8-11-27(13-16)21-18-7-9-22-20(18)24-14-25-21/h5-7,9,12,14-16H,3-4,8,10-11,13H2,1-2H3,(H,22,24,25)/t15?,16-/m1/s1. The highest BCUT2D eigenvalue weighted by atomic mass is 32.2. The van der Waals surface area contributed by atoms with Gasteiger partial charge >= 0.3 is 0 Å². The maximum absolute atomic E-state index is 12.9. The molecular formula is C21H27N7O2S. The van der Waals surface area contributed by atoms with Crippen LogP contribution in [-0.2, 0) is 10.0 Å². The number of pyridine rings is 1. The molecule has 2 atom stereocenters. The van der Waals surface area contributed by atoms with E-state index in [1.54, 1.807) is 16.7 Å². The summed E-state index contributed by atoms with van der Waals surface area (Å²) in [7, 11) is -1.47. The number of aromatic nitrogens is 4. The van der Waals surface area contributed by atoms with E-state index >= 15 is 0 Å². The van der Waals surface area contributed by atoms with Crippen LogP contribution in [0.25, 0.3) is 11.0 Å². The number of hydrogen-bond donors (Lipinski definition) is 1. The molecule has 9 nitrogen and oxygen atoms in total. The number of H-pyrrole nitrogens is 1. The van der Waals surface area contributed by atoms with Crippen LogP contribution in [0.2, 0.25) is 0 Å². The molecule has 5 rings (SSSR count). The Bertz CT molecular complexity index is 1180. The molecule has 0 saturated carbocycles. The molecule has 0 spiro atoms. The minimum Gasteiger partial charge on any atom is -0.355 e. The molecule has 0 amide bonds. The third-order valence-corrected chi connectivity index (χ3v) is 8.52. The van der Waals surface area contributed by atoms with Crippen LogP contribution in [0.1, 0.15) is 26.2 Å². The topological polar surface area (TPSA) is 98.3 Å². The van der Waals surface area contributed by atoms with E-state index in [0.717, 1.165) is 55.0 Å². The van der Waals surface area contributed by atoms with E-state index in [-0.39, 0.29) is 17.0 Å². The van der Waals surface area contributed by atoms with Crippen molar-refractivity contribution in [3.8, 4) is 0 Å². The largest absolute Gasteiger partial charge is 0.355 e. The summed E-state index contributed by atoms with van der Waals surface area (Å²) in [5.74, 6) is 1.71. The molecule has 31 heavy (non-hydrogen) atoms. The van der Waals surface area contributed by atoms with Gasteiger partial charge in [0.05, 0.1) is 5.39 Å². The highest BCUT2D eigenvalue weighted by Crippen LogP contribution is 2.29. The Morgan fingerprint density at radius 2 is 2.00 bits per heavy atom. The van der Waals surface area contributed by atoms with Crippen LogP contribution >= 0.6 is 0 Å². The van der Waals surface area contributed by atoms with Crippen LogP contribution in [0, 0.1) is 0 Å². The molecule has 0 radical (unpaired) electrons. The van der Waals surface area contributed by atoms with Gasteiger partial charge in [-0.3, -0.25) is 0 Å². The van der Waals surface area contributed by atoms with Crippen molar-refractivity contribution in [2.75, 3.05) is 36.5 Å². The fraction of sp³-hybridized carbons (Fsp3) is 0.476.